The summed E-state index contributed by atoms with van der Waals surface area (Å²) in [6, 6.07) is 4.14. The number of halogens is 1. The minimum Gasteiger partial charge on any atom is -0.334 e. The Kier molecular flexibility index (Phi) is 4.31. The van der Waals surface area contributed by atoms with Gasteiger partial charge in [0.05, 0.1) is 4.92 Å². The SMILES string of the molecule is CC1CSCCN1C(=O)c1cc(Cl)ccc1[N+](=O)[O-]. The number of amides is 1. The maximum absolute atomic E-state index is 12.4. The molecule has 1 aliphatic heterocycles. The van der Waals surface area contributed by atoms with Crippen LogP contribution in [0, 0.1) is 10.1 Å². The molecule has 1 heterocycles. The molecule has 1 saturated heterocycles. The molecule has 0 spiro atoms. The maximum Gasteiger partial charge on any atom is 0.282 e. The monoisotopic (exact) mass is 300 g/mol. The van der Waals surface area contributed by atoms with Crippen LogP contribution in [0.5, 0.6) is 0 Å². The van der Waals surface area contributed by atoms with E-state index in [1.165, 1.54) is 18.2 Å². The molecule has 0 aliphatic carbocycles. The van der Waals surface area contributed by atoms with E-state index in [0.29, 0.717) is 11.6 Å². The van der Waals surface area contributed by atoms with Gasteiger partial charge in [-0.3, -0.25) is 14.9 Å². The van der Waals surface area contributed by atoms with Gasteiger partial charge in [0.1, 0.15) is 5.56 Å². The number of benzene rings is 1. The Labute approximate surface area is 120 Å². The molecule has 1 aromatic rings. The van der Waals surface area contributed by atoms with Crippen LogP contribution in [-0.2, 0) is 0 Å². The Hall–Kier alpha value is -1.27. The van der Waals surface area contributed by atoms with Crippen LogP contribution in [0.15, 0.2) is 18.2 Å². The second-order valence-corrected chi connectivity index (χ2v) is 5.93. The van der Waals surface area contributed by atoms with Crippen molar-refractivity contribution in [3.05, 3.63) is 38.9 Å². The van der Waals surface area contributed by atoms with Crippen molar-refractivity contribution in [1.82, 2.24) is 4.90 Å². The molecule has 1 fully saturated rings. The Balaban J connectivity index is 2.37. The number of hydrogen-bond acceptors (Lipinski definition) is 4. The highest BCUT2D eigenvalue weighted by atomic mass is 35.5. The van der Waals surface area contributed by atoms with E-state index in [9.17, 15) is 14.9 Å². The molecule has 0 radical (unpaired) electrons. The molecular formula is C12H13ClN2O3S. The third kappa shape index (κ3) is 3.01. The topological polar surface area (TPSA) is 63.5 Å². The molecule has 1 unspecified atom stereocenters. The van der Waals surface area contributed by atoms with Crippen molar-refractivity contribution in [2.24, 2.45) is 0 Å². The van der Waals surface area contributed by atoms with Crippen molar-refractivity contribution >= 4 is 35.0 Å². The van der Waals surface area contributed by atoms with Crippen molar-refractivity contribution in [2.75, 3.05) is 18.1 Å². The smallest absolute Gasteiger partial charge is 0.282 e. The van der Waals surface area contributed by atoms with Crippen molar-refractivity contribution in [3.63, 3.8) is 0 Å². The van der Waals surface area contributed by atoms with E-state index in [1.807, 2.05) is 6.92 Å². The van der Waals surface area contributed by atoms with Gasteiger partial charge in [0.25, 0.3) is 11.6 Å². The van der Waals surface area contributed by atoms with Gasteiger partial charge in [-0.1, -0.05) is 11.6 Å². The fourth-order valence-electron chi connectivity index (χ4n) is 2.02. The van der Waals surface area contributed by atoms with Crippen LogP contribution in [0.2, 0.25) is 5.02 Å². The fourth-order valence-corrected chi connectivity index (χ4v) is 3.21. The number of nitro groups is 1. The largest absolute Gasteiger partial charge is 0.334 e. The van der Waals surface area contributed by atoms with E-state index in [2.05, 4.69) is 0 Å². The zero-order valence-corrected chi connectivity index (χ0v) is 11.9. The summed E-state index contributed by atoms with van der Waals surface area (Å²) in [5.41, 5.74) is -0.129. The molecule has 1 aliphatic rings. The van der Waals surface area contributed by atoms with Crippen LogP contribution < -0.4 is 0 Å². The van der Waals surface area contributed by atoms with Crippen molar-refractivity contribution in [1.29, 1.82) is 0 Å². The number of nitrogens with zero attached hydrogens (tertiary/aromatic N) is 2. The molecule has 5 nitrogen and oxygen atoms in total. The lowest BCUT2D eigenvalue weighted by Gasteiger charge is -2.33. The summed E-state index contributed by atoms with van der Waals surface area (Å²) in [6.07, 6.45) is 0. The van der Waals surface area contributed by atoms with Gasteiger partial charge in [0, 0.05) is 35.2 Å². The number of thioether (sulfide) groups is 1. The molecule has 1 atom stereocenters. The van der Waals surface area contributed by atoms with Gasteiger partial charge >= 0.3 is 0 Å². The lowest BCUT2D eigenvalue weighted by molar-refractivity contribution is -0.385. The van der Waals surface area contributed by atoms with Crippen LogP contribution in [0.25, 0.3) is 0 Å². The summed E-state index contributed by atoms with van der Waals surface area (Å²) >= 11 is 7.62. The number of carbonyl (C=O) groups excluding carboxylic acids is 1. The standard InChI is InChI=1S/C12H13ClN2O3S/c1-8-7-19-5-4-14(8)12(16)10-6-9(13)2-3-11(10)15(17)18/h2-3,6,8H,4-5,7H2,1H3. The van der Waals surface area contributed by atoms with Crippen LogP contribution >= 0.6 is 23.4 Å². The molecule has 2 rings (SSSR count). The zero-order chi connectivity index (χ0) is 14.0. The molecule has 102 valence electrons. The van der Waals surface area contributed by atoms with Gasteiger partial charge in [0.2, 0.25) is 0 Å². The van der Waals surface area contributed by atoms with E-state index >= 15 is 0 Å². The second kappa shape index (κ2) is 5.79. The first kappa shape index (κ1) is 14.1. The Morgan fingerprint density at radius 1 is 1.58 bits per heavy atom. The number of carbonyl (C=O) groups is 1. The van der Waals surface area contributed by atoms with E-state index in [-0.39, 0.29) is 23.2 Å². The molecule has 19 heavy (non-hydrogen) atoms. The van der Waals surface area contributed by atoms with Crippen molar-refractivity contribution < 1.29 is 9.72 Å². The molecule has 7 heteroatoms. The van der Waals surface area contributed by atoms with Crippen LogP contribution in [-0.4, -0.2) is 39.8 Å². The summed E-state index contributed by atoms with van der Waals surface area (Å²) in [4.78, 5) is 24.6. The van der Waals surface area contributed by atoms with Gasteiger partial charge in [-0.05, 0) is 19.1 Å². The summed E-state index contributed by atoms with van der Waals surface area (Å²) in [7, 11) is 0. The predicted octanol–water partition coefficient (Wildman–Crippen LogP) is 2.83. The molecule has 0 N–H and O–H groups in total. The van der Waals surface area contributed by atoms with Crippen LogP contribution in [0.1, 0.15) is 17.3 Å². The number of rotatable bonds is 2. The van der Waals surface area contributed by atoms with E-state index < -0.39 is 4.92 Å². The average molecular weight is 301 g/mol. The Morgan fingerprint density at radius 3 is 2.95 bits per heavy atom. The fraction of sp³-hybridized carbons (Fsp3) is 0.417. The third-order valence-electron chi connectivity index (χ3n) is 3.01. The second-order valence-electron chi connectivity index (χ2n) is 4.34. The molecular weight excluding hydrogens is 288 g/mol. The van der Waals surface area contributed by atoms with Gasteiger partial charge in [0.15, 0.2) is 0 Å². The van der Waals surface area contributed by atoms with E-state index in [1.54, 1.807) is 16.7 Å². The molecule has 0 bridgehead atoms. The summed E-state index contributed by atoms with van der Waals surface area (Å²) < 4.78 is 0. The first-order valence-electron chi connectivity index (χ1n) is 5.83. The van der Waals surface area contributed by atoms with Crippen molar-refractivity contribution in [3.8, 4) is 0 Å². The molecule has 0 saturated carbocycles. The normalized spacial score (nSPS) is 19.3. The highest BCUT2D eigenvalue weighted by Crippen LogP contribution is 2.26. The first-order valence-corrected chi connectivity index (χ1v) is 7.36. The average Bonchev–Trinajstić information content (AvgIpc) is 2.38. The highest BCUT2D eigenvalue weighted by molar-refractivity contribution is 7.99. The van der Waals surface area contributed by atoms with E-state index in [0.717, 1.165) is 11.5 Å². The Bertz CT molecular complexity index is 524. The third-order valence-corrected chi connectivity index (χ3v) is 4.44. The number of nitro benzene ring substituents is 1. The Morgan fingerprint density at radius 2 is 2.32 bits per heavy atom. The quantitative estimate of drug-likeness (QED) is 0.622. The molecule has 1 aromatic carbocycles. The lowest BCUT2D eigenvalue weighted by Crippen LogP contribution is -2.44. The van der Waals surface area contributed by atoms with Crippen molar-refractivity contribution in [2.45, 2.75) is 13.0 Å². The molecule has 1 amide bonds. The number of hydrogen-bond donors (Lipinski definition) is 0. The maximum atomic E-state index is 12.4. The van der Waals surface area contributed by atoms with Gasteiger partial charge in [-0.15, -0.1) is 0 Å². The van der Waals surface area contributed by atoms with Gasteiger partial charge in [-0.25, -0.2) is 0 Å². The molecule has 0 aromatic heterocycles. The summed E-state index contributed by atoms with van der Waals surface area (Å²) in [5.74, 6) is 1.38. The van der Waals surface area contributed by atoms with Crippen LogP contribution in [0.3, 0.4) is 0 Å². The van der Waals surface area contributed by atoms with Gasteiger partial charge < -0.3 is 4.90 Å². The summed E-state index contributed by atoms with van der Waals surface area (Å²) in [6.45, 7) is 2.55. The van der Waals surface area contributed by atoms with Gasteiger partial charge in [-0.2, -0.15) is 11.8 Å². The predicted molar refractivity (Wildman–Crippen MR) is 75.9 cm³/mol. The lowest BCUT2D eigenvalue weighted by atomic mass is 10.1. The highest BCUT2D eigenvalue weighted by Gasteiger charge is 2.29. The summed E-state index contributed by atoms with van der Waals surface area (Å²) in [5, 5.41) is 11.3. The minimum absolute atomic E-state index is 0.0660. The zero-order valence-electron chi connectivity index (χ0n) is 10.3. The first-order chi connectivity index (χ1) is 9.00. The minimum atomic E-state index is -0.549. The van der Waals surface area contributed by atoms with E-state index in [4.69, 9.17) is 11.6 Å². The van der Waals surface area contributed by atoms with Crippen LogP contribution in [0.4, 0.5) is 5.69 Å².